The highest BCUT2D eigenvalue weighted by Crippen LogP contribution is 2.30. The number of halogens is 1. The number of hydrogen-bond acceptors (Lipinski definition) is 5. The Hall–Kier alpha value is -3.27. The molecule has 9 nitrogen and oxygen atoms in total. The van der Waals surface area contributed by atoms with Gasteiger partial charge in [0.05, 0.1) is 30.3 Å². The lowest BCUT2D eigenvalue weighted by Crippen LogP contribution is -2.43. The number of carbonyl (C=O) groups excluding carboxylic acids is 2. The molecule has 0 spiro atoms. The van der Waals surface area contributed by atoms with E-state index in [4.69, 9.17) is 4.74 Å². The largest absolute Gasteiger partial charge is 0.383 e. The molecule has 1 aliphatic heterocycles. The third-order valence-corrected chi connectivity index (χ3v) is 4.20. The summed E-state index contributed by atoms with van der Waals surface area (Å²) in [4.78, 5) is 51.3. The molecule has 3 rings (SSSR count). The quantitative estimate of drug-likeness (QED) is 0.697. The topological polar surface area (TPSA) is 122 Å². The fraction of sp³-hybridized carbons (Fsp3) is 0.294. The van der Waals surface area contributed by atoms with Crippen LogP contribution >= 0.6 is 0 Å². The predicted molar refractivity (Wildman–Crippen MR) is 94.2 cm³/mol. The van der Waals surface area contributed by atoms with E-state index in [-0.39, 0.29) is 36.6 Å². The van der Waals surface area contributed by atoms with Crippen molar-refractivity contribution in [2.45, 2.75) is 18.9 Å². The average Bonchev–Trinajstić information content (AvgIpc) is 2.62. The minimum atomic E-state index is -1.17. The number of fused-ring (bicyclic) bond motifs is 1. The van der Waals surface area contributed by atoms with E-state index in [1.165, 1.54) is 31.4 Å². The van der Waals surface area contributed by atoms with Gasteiger partial charge in [-0.25, -0.2) is 9.18 Å². The minimum Gasteiger partial charge on any atom is -0.383 e. The summed E-state index contributed by atoms with van der Waals surface area (Å²) in [5.74, 6) is -3.13. The third kappa shape index (κ3) is 3.65. The zero-order valence-electron chi connectivity index (χ0n) is 14.4. The molecular weight excluding hydrogens is 359 g/mol. The maximum absolute atomic E-state index is 13.8. The minimum absolute atomic E-state index is 0.0502. The Labute approximate surface area is 152 Å². The van der Waals surface area contributed by atoms with Crippen LogP contribution in [0.25, 0.3) is 0 Å². The highest BCUT2D eigenvalue weighted by atomic mass is 19.1. The second kappa shape index (κ2) is 7.54. The van der Waals surface area contributed by atoms with Crippen LogP contribution in [0.3, 0.4) is 0 Å². The molecule has 1 aromatic heterocycles. The van der Waals surface area contributed by atoms with Crippen LogP contribution in [-0.4, -0.2) is 35.1 Å². The number of carbonyl (C=O) groups is 2. The number of hydrogen-bond donors (Lipinski definition) is 3. The molecule has 3 N–H and O–H groups in total. The van der Waals surface area contributed by atoms with Gasteiger partial charge in [0.15, 0.2) is 0 Å². The number of anilines is 2. The van der Waals surface area contributed by atoms with Gasteiger partial charge in [0.25, 0.3) is 5.56 Å². The summed E-state index contributed by atoms with van der Waals surface area (Å²) in [6.07, 6.45) is -0.307. The Bertz CT molecular complexity index is 1010. The first kappa shape index (κ1) is 18.5. The molecule has 2 heterocycles. The number of aromatic nitrogens is 2. The molecule has 10 heteroatoms. The first-order valence-corrected chi connectivity index (χ1v) is 8.13. The standard InChI is InChI=1S/C17H17FN4O5/c1-27-7-6-22-14-13(16(25)21-17(22)26)9(8-12(23)20-14)15(24)19-11-5-3-2-4-10(11)18/h2-5,9H,6-8H2,1H3,(H,19,24)(H,20,23)(H,21,25,26)/t9-/m0/s1. The van der Waals surface area contributed by atoms with Crippen LogP contribution in [-0.2, 0) is 20.9 Å². The summed E-state index contributed by atoms with van der Waals surface area (Å²) < 4.78 is 19.9. The summed E-state index contributed by atoms with van der Waals surface area (Å²) in [7, 11) is 1.44. The molecule has 0 saturated heterocycles. The average molecular weight is 376 g/mol. The van der Waals surface area contributed by atoms with Gasteiger partial charge in [-0.05, 0) is 12.1 Å². The number of nitrogens with one attached hydrogen (secondary N) is 3. The second-order valence-corrected chi connectivity index (χ2v) is 5.94. The summed E-state index contributed by atoms with van der Waals surface area (Å²) in [6, 6.07) is 5.54. The van der Waals surface area contributed by atoms with Crippen molar-refractivity contribution < 1.29 is 18.7 Å². The van der Waals surface area contributed by atoms with E-state index >= 15 is 0 Å². The van der Waals surface area contributed by atoms with Gasteiger partial charge in [0.1, 0.15) is 11.6 Å². The van der Waals surface area contributed by atoms with Crippen LogP contribution in [0.15, 0.2) is 33.9 Å². The van der Waals surface area contributed by atoms with Crippen molar-refractivity contribution >= 4 is 23.3 Å². The van der Waals surface area contributed by atoms with Crippen LogP contribution in [0, 0.1) is 5.82 Å². The monoisotopic (exact) mass is 376 g/mol. The van der Waals surface area contributed by atoms with Crippen LogP contribution in [0.2, 0.25) is 0 Å². The van der Waals surface area contributed by atoms with Crippen molar-refractivity contribution in [2.24, 2.45) is 0 Å². The number of ether oxygens (including phenoxy) is 1. The third-order valence-electron chi connectivity index (χ3n) is 4.20. The lowest BCUT2D eigenvalue weighted by Gasteiger charge is -2.26. The Morgan fingerprint density at radius 1 is 1.33 bits per heavy atom. The van der Waals surface area contributed by atoms with E-state index in [2.05, 4.69) is 15.6 Å². The van der Waals surface area contributed by atoms with E-state index in [1.807, 2.05) is 0 Å². The van der Waals surface area contributed by atoms with E-state index in [9.17, 15) is 23.6 Å². The van der Waals surface area contributed by atoms with Gasteiger partial charge >= 0.3 is 5.69 Å². The maximum Gasteiger partial charge on any atom is 0.330 e. The number of nitrogens with zero attached hydrogens (tertiary/aromatic N) is 1. The van der Waals surface area contributed by atoms with Gasteiger partial charge in [-0.1, -0.05) is 12.1 Å². The SMILES string of the molecule is COCCn1c2c(c(=O)[nH]c1=O)[C@@H](C(=O)Nc1ccccc1F)CC(=O)N2. The molecule has 0 unspecified atom stereocenters. The number of aromatic amines is 1. The normalized spacial score (nSPS) is 15.8. The molecule has 2 aromatic rings. The molecule has 0 radical (unpaired) electrons. The number of rotatable bonds is 5. The molecule has 1 atom stereocenters. The van der Waals surface area contributed by atoms with Crippen LogP contribution in [0.4, 0.5) is 15.9 Å². The van der Waals surface area contributed by atoms with Gasteiger partial charge in [0, 0.05) is 13.5 Å². The number of amides is 2. The van der Waals surface area contributed by atoms with E-state index in [0.29, 0.717) is 0 Å². The summed E-state index contributed by atoms with van der Waals surface area (Å²) in [5, 5.41) is 4.86. The van der Waals surface area contributed by atoms with E-state index < -0.39 is 34.8 Å². The number of methoxy groups -OCH3 is 1. The number of para-hydroxylation sites is 1. The van der Waals surface area contributed by atoms with Crippen molar-refractivity contribution in [1.29, 1.82) is 0 Å². The molecular formula is C17H17FN4O5. The molecule has 142 valence electrons. The molecule has 0 aliphatic carbocycles. The number of H-pyrrole nitrogens is 1. The van der Waals surface area contributed by atoms with Crippen LogP contribution in [0.5, 0.6) is 0 Å². The molecule has 0 bridgehead atoms. The lowest BCUT2D eigenvalue weighted by molar-refractivity contribution is -0.123. The molecule has 0 saturated carbocycles. The highest BCUT2D eigenvalue weighted by molar-refractivity contribution is 6.04. The second-order valence-electron chi connectivity index (χ2n) is 5.94. The van der Waals surface area contributed by atoms with Gasteiger partial charge in [0.2, 0.25) is 11.8 Å². The fourth-order valence-electron chi connectivity index (χ4n) is 2.92. The van der Waals surface area contributed by atoms with E-state index in [1.54, 1.807) is 0 Å². The van der Waals surface area contributed by atoms with Gasteiger partial charge in [-0.3, -0.25) is 23.9 Å². The molecule has 2 amide bonds. The van der Waals surface area contributed by atoms with Crippen molar-refractivity contribution in [2.75, 3.05) is 24.4 Å². The zero-order valence-corrected chi connectivity index (χ0v) is 14.4. The molecule has 1 aromatic carbocycles. The van der Waals surface area contributed by atoms with Gasteiger partial charge in [-0.2, -0.15) is 0 Å². The number of benzene rings is 1. The maximum atomic E-state index is 13.8. The van der Waals surface area contributed by atoms with Crippen LogP contribution < -0.4 is 21.9 Å². The molecule has 1 aliphatic rings. The molecule has 27 heavy (non-hydrogen) atoms. The fourth-order valence-corrected chi connectivity index (χ4v) is 2.92. The van der Waals surface area contributed by atoms with Crippen LogP contribution in [0.1, 0.15) is 17.9 Å². The van der Waals surface area contributed by atoms with Gasteiger partial charge in [-0.15, -0.1) is 0 Å². The van der Waals surface area contributed by atoms with E-state index in [0.717, 1.165) is 4.57 Å². The lowest BCUT2D eigenvalue weighted by atomic mass is 9.92. The Morgan fingerprint density at radius 3 is 2.78 bits per heavy atom. The first-order chi connectivity index (χ1) is 12.9. The molecule has 0 fully saturated rings. The van der Waals surface area contributed by atoms with Crippen molar-refractivity contribution in [3.8, 4) is 0 Å². The van der Waals surface area contributed by atoms with Crippen molar-refractivity contribution in [3.63, 3.8) is 0 Å². The Kier molecular flexibility index (Phi) is 5.17. The van der Waals surface area contributed by atoms with Crippen molar-refractivity contribution in [3.05, 3.63) is 56.5 Å². The predicted octanol–water partition coefficient (Wildman–Crippen LogP) is 0.387. The summed E-state index contributed by atoms with van der Waals surface area (Å²) in [6.45, 7) is 0.219. The first-order valence-electron chi connectivity index (χ1n) is 8.13. The Balaban J connectivity index is 2.04. The van der Waals surface area contributed by atoms with Crippen molar-refractivity contribution in [1.82, 2.24) is 9.55 Å². The zero-order chi connectivity index (χ0) is 19.6. The van der Waals surface area contributed by atoms with Gasteiger partial charge < -0.3 is 15.4 Å². The highest BCUT2D eigenvalue weighted by Gasteiger charge is 2.35. The smallest absolute Gasteiger partial charge is 0.330 e. The Morgan fingerprint density at radius 2 is 2.07 bits per heavy atom. The summed E-state index contributed by atoms with van der Waals surface area (Å²) >= 11 is 0. The summed E-state index contributed by atoms with van der Waals surface area (Å²) in [5.41, 5.74) is -1.64.